The summed E-state index contributed by atoms with van der Waals surface area (Å²) in [5.41, 5.74) is 6.32. The Labute approximate surface area is 265 Å². The molecule has 232 valence electrons. The summed E-state index contributed by atoms with van der Waals surface area (Å²) >= 11 is 0. The predicted octanol–water partition coefficient (Wildman–Crippen LogP) is 7.89. The van der Waals surface area contributed by atoms with Gasteiger partial charge in [0, 0.05) is 37.3 Å². The van der Waals surface area contributed by atoms with Crippen LogP contribution >= 0.6 is 0 Å². The van der Waals surface area contributed by atoms with Crippen LogP contribution in [0.5, 0.6) is 0 Å². The third kappa shape index (κ3) is 8.18. The largest absolute Gasteiger partial charge is 0.456 e. The minimum absolute atomic E-state index is 0.109. The van der Waals surface area contributed by atoms with Crippen LogP contribution in [0.3, 0.4) is 0 Å². The van der Waals surface area contributed by atoms with Crippen molar-refractivity contribution < 1.29 is 14.3 Å². The first-order valence-corrected chi connectivity index (χ1v) is 15.7. The lowest BCUT2D eigenvalue weighted by molar-refractivity contribution is 0.00703. The number of nitrogens with zero attached hydrogens (tertiary/aromatic N) is 2. The van der Waals surface area contributed by atoms with Gasteiger partial charge in [0.1, 0.15) is 11.4 Å². The van der Waals surface area contributed by atoms with Crippen molar-refractivity contribution in [2.45, 2.75) is 59.1 Å². The van der Waals surface area contributed by atoms with Crippen molar-refractivity contribution in [3.8, 4) is 11.1 Å². The van der Waals surface area contributed by atoms with Crippen LogP contribution in [0.25, 0.3) is 22.2 Å². The molecule has 1 aromatic heterocycles. The standard InChI is InChI=1S/C38H42N4O3/c1-5-6-16-35-41-33-22-21-29(36(43)40-24-23-39-30-12-8-7-9-13-30)25-34(33)42(35)26-27-17-19-28(20-18-27)31-14-10-11-15-32(31)37(44)45-38(2,3)4/h7-15,17-22,25,39H,5-6,16,23-24,26H2,1-4H3,(H,40,43). The Kier molecular flexibility index (Phi) is 9.98. The number of fused-ring (bicyclic) bond motifs is 1. The minimum Gasteiger partial charge on any atom is -0.456 e. The number of aromatic nitrogens is 2. The Bertz CT molecular complexity index is 1750. The number of amides is 1. The van der Waals surface area contributed by atoms with Gasteiger partial charge in [-0.1, -0.05) is 74.0 Å². The number of nitrogens with one attached hydrogen (secondary N) is 2. The van der Waals surface area contributed by atoms with E-state index in [4.69, 9.17) is 9.72 Å². The van der Waals surface area contributed by atoms with Crippen molar-refractivity contribution in [2.75, 3.05) is 18.4 Å². The molecule has 2 N–H and O–H groups in total. The van der Waals surface area contributed by atoms with Crippen molar-refractivity contribution >= 4 is 28.6 Å². The number of aryl methyl sites for hydroxylation is 1. The van der Waals surface area contributed by atoms with Crippen LogP contribution in [-0.2, 0) is 17.7 Å². The minimum atomic E-state index is -0.572. The summed E-state index contributed by atoms with van der Waals surface area (Å²) < 4.78 is 7.88. The second-order valence-electron chi connectivity index (χ2n) is 12.2. The van der Waals surface area contributed by atoms with E-state index in [2.05, 4.69) is 34.3 Å². The van der Waals surface area contributed by atoms with Gasteiger partial charge in [0.2, 0.25) is 0 Å². The fraction of sp³-hybridized carbons (Fsp3) is 0.289. The smallest absolute Gasteiger partial charge is 0.339 e. The summed E-state index contributed by atoms with van der Waals surface area (Å²) in [5, 5.41) is 6.35. The fourth-order valence-corrected chi connectivity index (χ4v) is 5.28. The molecule has 0 aliphatic heterocycles. The van der Waals surface area contributed by atoms with Gasteiger partial charge in [0.05, 0.1) is 16.6 Å². The molecule has 1 heterocycles. The average molecular weight is 603 g/mol. The summed E-state index contributed by atoms with van der Waals surface area (Å²) in [6, 6.07) is 31.5. The molecular formula is C38H42N4O3. The van der Waals surface area contributed by atoms with E-state index in [0.717, 1.165) is 58.5 Å². The molecule has 0 atom stereocenters. The van der Waals surface area contributed by atoms with E-state index in [-0.39, 0.29) is 11.9 Å². The molecule has 7 nitrogen and oxygen atoms in total. The van der Waals surface area contributed by atoms with Gasteiger partial charge in [0.15, 0.2) is 0 Å². The molecule has 1 amide bonds. The summed E-state index contributed by atoms with van der Waals surface area (Å²) in [6.45, 7) is 9.56. The molecule has 5 rings (SSSR count). The van der Waals surface area contributed by atoms with E-state index >= 15 is 0 Å². The fourth-order valence-electron chi connectivity index (χ4n) is 5.28. The van der Waals surface area contributed by atoms with Gasteiger partial charge >= 0.3 is 5.97 Å². The first-order chi connectivity index (χ1) is 21.7. The molecule has 4 aromatic carbocycles. The molecule has 0 fully saturated rings. The van der Waals surface area contributed by atoms with Crippen LogP contribution in [0.1, 0.15) is 72.6 Å². The van der Waals surface area contributed by atoms with E-state index in [1.165, 1.54) is 0 Å². The number of imidazole rings is 1. The summed E-state index contributed by atoms with van der Waals surface area (Å²) in [4.78, 5) is 30.9. The number of hydrogen-bond acceptors (Lipinski definition) is 5. The number of ether oxygens (including phenoxy) is 1. The lowest BCUT2D eigenvalue weighted by Crippen LogP contribution is -2.28. The van der Waals surface area contributed by atoms with Crippen LogP contribution in [0.15, 0.2) is 97.1 Å². The number of carbonyl (C=O) groups excluding carboxylic acids is 2. The molecule has 0 saturated heterocycles. The maximum absolute atomic E-state index is 13.1. The lowest BCUT2D eigenvalue weighted by Gasteiger charge is -2.20. The molecule has 0 saturated carbocycles. The van der Waals surface area contributed by atoms with E-state index in [1.807, 2.05) is 106 Å². The Morgan fingerprint density at radius 2 is 1.60 bits per heavy atom. The van der Waals surface area contributed by atoms with Crippen molar-refractivity contribution in [2.24, 2.45) is 0 Å². The molecule has 0 aliphatic carbocycles. The summed E-state index contributed by atoms with van der Waals surface area (Å²) in [5.74, 6) is 0.568. The number of hydrogen-bond donors (Lipinski definition) is 2. The van der Waals surface area contributed by atoms with Crippen LogP contribution in [0.2, 0.25) is 0 Å². The number of anilines is 1. The highest BCUT2D eigenvalue weighted by Crippen LogP contribution is 2.27. The molecule has 0 aliphatic rings. The topological polar surface area (TPSA) is 85.3 Å². The maximum atomic E-state index is 13.1. The zero-order valence-corrected chi connectivity index (χ0v) is 26.6. The Morgan fingerprint density at radius 3 is 2.33 bits per heavy atom. The molecule has 5 aromatic rings. The number of rotatable bonds is 12. The SMILES string of the molecule is CCCCc1nc2ccc(C(=O)NCCNc3ccccc3)cc2n1Cc1ccc(-c2ccccc2C(=O)OC(C)(C)C)cc1. The van der Waals surface area contributed by atoms with Crippen LogP contribution in [-0.4, -0.2) is 40.1 Å². The average Bonchev–Trinajstić information content (AvgIpc) is 3.38. The number of esters is 1. The normalized spacial score (nSPS) is 11.4. The number of benzene rings is 4. The molecule has 0 bridgehead atoms. The summed E-state index contributed by atoms with van der Waals surface area (Å²) in [6.07, 6.45) is 2.96. The third-order valence-corrected chi connectivity index (χ3v) is 7.51. The van der Waals surface area contributed by atoms with Crippen LogP contribution in [0.4, 0.5) is 5.69 Å². The van der Waals surface area contributed by atoms with Crippen molar-refractivity contribution in [1.29, 1.82) is 0 Å². The maximum Gasteiger partial charge on any atom is 0.339 e. The highest BCUT2D eigenvalue weighted by atomic mass is 16.6. The van der Waals surface area contributed by atoms with Crippen molar-refractivity contribution in [3.05, 3.63) is 120 Å². The Morgan fingerprint density at radius 1 is 0.867 bits per heavy atom. The van der Waals surface area contributed by atoms with E-state index < -0.39 is 5.60 Å². The van der Waals surface area contributed by atoms with Gasteiger partial charge < -0.3 is 19.9 Å². The first-order valence-electron chi connectivity index (χ1n) is 15.7. The van der Waals surface area contributed by atoms with Gasteiger partial charge in [-0.15, -0.1) is 0 Å². The van der Waals surface area contributed by atoms with Gasteiger partial charge in [-0.2, -0.15) is 0 Å². The Hall–Kier alpha value is -4.91. The number of para-hydroxylation sites is 1. The quantitative estimate of drug-likeness (QED) is 0.112. The molecule has 45 heavy (non-hydrogen) atoms. The van der Waals surface area contributed by atoms with Crippen LogP contribution < -0.4 is 10.6 Å². The third-order valence-electron chi connectivity index (χ3n) is 7.51. The van der Waals surface area contributed by atoms with Gasteiger partial charge in [-0.05, 0) is 80.3 Å². The molecule has 0 unspecified atom stereocenters. The highest BCUT2D eigenvalue weighted by Gasteiger charge is 2.21. The second kappa shape index (κ2) is 14.2. The van der Waals surface area contributed by atoms with E-state index in [9.17, 15) is 9.59 Å². The van der Waals surface area contributed by atoms with Crippen molar-refractivity contribution in [3.63, 3.8) is 0 Å². The van der Waals surface area contributed by atoms with E-state index in [1.54, 1.807) is 0 Å². The molecule has 0 spiro atoms. The van der Waals surface area contributed by atoms with Gasteiger partial charge in [-0.3, -0.25) is 4.79 Å². The lowest BCUT2D eigenvalue weighted by atomic mass is 9.98. The van der Waals surface area contributed by atoms with Crippen LogP contribution in [0, 0.1) is 0 Å². The number of unbranched alkanes of at least 4 members (excludes halogenated alkanes) is 1. The zero-order valence-electron chi connectivity index (χ0n) is 26.6. The van der Waals surface area contributed by atoms with Gasteiger partial charge in [-0.25, -0.2) is 9.78 Å². The first kappa shape index (κ1) is 31.5. The monoisotopic (exact) mass is 602 g/mol. The van der Waals surface area contributed by atoms with E-state index in [0.29, 0.717) is 30.8 Å². The zero-order chi connectivity index (χ0) is 31.8. The van der Waals surface area contributed by atoms with Crippen molar-refractivity contribution in [1.82, 2.24) is 14.9 Å². The predicted molar refractivity (Wildman–Crippen MR) is 182 cm³/mol. The molecule has 0 radical (unpaired) electrons. The second-order valence-corrected chi connectivity index (χ2v) is 12.2. The van der Waals surface area contributed by atoms with Gasteiger partial charge in [0.25, 0.3) is 5.91 Å². The number of carbonyl (C=O) groups is 2. The molecular weight excluding hydrogens is 560 g/mol. The molecule has 7 heteroatoms. The Balaban J connectivity index is 1.35. The highest BCUT2D eigenvalue weighted by molar-refractivity contribution is 5.98. The summed E-state index contributed by atoms with van der Waals surface area (Å²) in [7, 11) is 0.